The molecule has 0 atom stereocenters. The van der Waals surface area contributed by atoms with E-state index in [0.29, 0.717) is 34.4 Å². The molecule has 1 N–H and O–H groups in total. The Morgan fingerprint density at radius 3 is 1.97 bits per heavy atom. The molecule has 0 aliphatic rings. The second kappa shape index (κ2) is 9.74. The van der Waals surface area contributed by atoms with Gasteiger partial charge in [0.15, 0.2) is 0 Å². The smallest absolute Gasteiger partial charge is 0.406 e. The van der Waals surface area contributed by atoms with E-state index in [1.54, 1.807) is 12.1 Å². The Bertz CT molecular complexity index is 1380. The van der Waals surface area contributed by atoms with E-state index in [1.807, 2.05) is 40.3 Å². The Labute approximate surface area is 203 Å². The fraction of sp³-hybridized carbons (Fsp3) is 0.208. The van der Waals surface area contributed by atoms with Gasteiger partial charge in [0, 0.05) is 6.54 Å². The Hall–Kier alpha value is -2.94. The second-order valence-corrected chi connectivity index (χ2v) is 8.33. The number of ether oxygens (including phenoxy) is 1. The van der Waals surface area contributed by atoms with Gasteiger partial charge in [0.2, 0.25) is 5.62 Å². The van der Waals surface area contributed by atoms with Crippen LogP contribution in [0.1, 0.15) is 18.1 Å². The molecule has 1 heterocycles. The van der Waals surface area contributed by atoms with Crippen LogP contribution in [0.5, 0.6) is 5.75 Å². The molecular formula is C24H20Cl2F3N3O2. The number of aryl methyl sites for hydroxylation is 1. The third-order valence-electron chi connectivity index (χ3n) is 5.24. The zero-order valence-corrected chi connectivity index (χ0v) is 19.5. The summed E-state index contributed by atoms with van der Waals surface area (Å²) in [4.78, 5) is 4.74. The highest BCUT2D eigenvalue weighted by Crippen LogP contribution is 2.29. The van der Waals surface area contributed by atoms with Crippen molar-refractivity contribution in [3.8, 4) is 5.75 Å². The second-order valence-electron chi connectivity index (χ2n) is 7.51. The molecule has 3 aromatic carbocycles. The first-order valence-corrected chi connectivity index (χ1v) is 11.1. The van der Waals surface area contributed by atoms with Crippen LogP contribution in [0.2, 0.25) is 10.0 Å². The highest BCUT2D eigenvalue weighted by atomic mass is 35.5. The van der Waals surface area contributed by atoms with Crippen LogP contribution in [-0.4, -0.2) is 20.6 Å². The Morgan fingerprint density at radius 1 is 0.882 bits per heavy atom. The number of aliphatic hydroxyl groups excluding tert-OH is 1. The third kappa shape index (κ3) is 5.24. The predicted octanol–water partition coefficient (Wildman–Crippen LogP) is 6.44. The molecule has 0 amide bonds. The van der Waals surface area contributed by atoms with Crippen LogP contribution in [0.4, 0.5) is 18.9 Å². The summed E-state index contributed by atoms with van der Waals surface area (Å²) in [5.41, 5.74) is 4.41. The average Bonchev–Trinajstić information content (AvgIpc) is 3.06. The molecule has 0 fully saturated rings. The number of alkyl halides is 3. The summed E-state index contributed by atoms with van der Waals surface area (Å²) in [6, 6.07) is 16.4. The summed E-state index contributed by atoms with van der Waals surface area (Å²) < 4.78 is 45.3. The molecule has 5 nitrogen and oxygen atoms in total. The van der Waals surface area contributed by atoms with Gasteiger partial charge in [-0.1, -0.05) is 47.5 Å². The number of nitrogens with zero attached hydrogens (tertiary/aromatic N) is 3. The minimum absolute atomic E-state index is 0.0503. The van der Waals surface area contributed by atoms with Crippen molar-refractivity contribution in [2.24, 2.45) is 4.99 Å². The van der Waals surface area contributed by atoms with Gasteiger partial charge < -0.3 is 19.0 Å². The van der Waals surface area contributed by atoms with Gasteiger partial charge in [-0.15, -0.1) is 13.2 Å². The lowest BCUT2D eigenvalue weighted by Gasteiger charge is -2.09. The zero-order chi connectivity index (χ0) is 24.5. The maximum atomic E-state index is 12.5. The summed E-state index contributed by atoms with van der Waals surface area (Å²) >= 11 is 12.6. The Balaban J connectivity index is 1.87. The first-order valence-electron chi connectivity index (χ1n) is 10.4. The maximum Gasteiger partial charge on any atom is 0.573 e. The first-order chi connectivity index (χ1) is 16.2. The molecule has 4 rings (SSSR count). The normalized spacial score (nSPS) is 12.5. The number of aromatic nitrogens is 2. The highest BCUT2D eigenvalue weighted by Gasteiger charge is 2.31. The van der Waals surface area contributed by atoms with Gasteiger partial charge in [0.25, 0.3) is 0 Å². The lowest BCUT2D eigenvalue weighted by atomic mass is 10.1. The van der Waals surface area contributed by atoms with Gasteiger partial charge in [-0.05, 0) is 54.4 Å². The van der Waals surface area contributed by atoms with Crippen LogP contribution < -0.4 is 10.4 Å². The molecule has 0 spiro atoms. The standard InChI is InChI=1S/C24H20Cl2F3N3O2/c1-2-31-21-11-19(25)20(26)12-22(21)32(13-15-3-5-16(14-33)6-4-15)23(31)30-17-7-9-18(10-8-17)34-24(27,28)29/h3-12,33H,2,13-14H2,1H3/b30-23+. The monoisotopic (exact) mass is 509 g/mol. The molecule has 0 saturated heterocycles. The number of imidazole rings is 1. The van der Waals surface area contributed by atoms with Crippen LogP contribution >= 0.6 is 23.2 Å². The molecule has 1 aromatic heterocycles. The van der Waals surface area contributed by atoms with E-state index in [0.717, 1.165) is 22.2 Å². The Kier molecular flexibility index (Phi) is 6.93. The number of rotatable bonds is 6. The van der Waals surface area contributed by atoms with Crippen LogP contribution in [0.15, 0.2) is 65.7 Å². The lowest BCUT2D eigenvalue weighted by Crippen LogP contribution is -2.26. The molecule has 0 saturated carbocycles. The number of benzene rings is 3. The molecule has 4 aromatic rings. The molecule has 0 radical (unpaired) electrons. The number of fused-ring (bicyclic) bond motifs is 1. The minimum Gasteiger partial charge on any atom is -0.406 e. The van der Waals surface area contributed by atoms with Gasteiger partial charge in [-0.2, -0.15) is 0 Å². The van der Waals surface area contributed by atoms with E-state index in [4.69, 9.17) is 28.2 Å². The van der Waals surface area contributed by atoms with Crippen LogP contribution in [0, 0.1) is 0 Å². The molecule has 0 unspecified atom stereocenters. The van der Waals surface area contributed by atoms with Crippen LogP contribution in [-0.2, 0) is 19.7 Å². The molecule has 0 bridgehead atoms. The first kappa shape index (κ1) is 24.2. The SMILES string of the molecule is CCn1/c(=N\c2ccc(OC(F)(F)F)cc2)n(Cc2ccc(CO)cc2)c2cc(Cl)c(Cl)cc21. The fourth-order valence-electron chi connectivity index (χ4n) is 3.68. The topological polar surface area (TPSA) is 51.7 Å². The predicted molar refractivity (Wildman–Crippen MR) is 125 cm³/mol. The molecular weight excluding hydrogens is 490 g/mol. The van der Waals surface area contributed by atoms with Crippen molar-refractivity contribution < 1.29 is 23.0 Å². The van der Waals surface area contributed by atoms with Crippen molar-refractivity contribution in [3.05, 3.63) is 87.5 Å². The summed E-state index contributed by atoms with van der Waals surface area (Å²) in [6.45, 7) is 2.92. The number of halogens is 5. The third-order valence-corrected chi connectivity index (χ3v) is 5.97. The van der Waals surface area contributed by atoms with Gasteiger partial charge in [-0.3, -0.25) is 0 Å². The van der Waals surface area contributed by atoms with E-state index in [9.17, 15) is 18.3 Å². The number of aliphatic hydroxyl groups is 1. The van der Waals surface area contributed by atoms with Gasteiger partial charge in [0.05, 0.1) is 39.9 Å². The van der Waals surface area contributed by atoms with Crippen molar-refractivity contribution in [3.63, 3.8) is 0 Å². The zero-order valence-electron chi connectivity index (χ0n) is 18.0. The summed E-state index contributed by atoms with van der Waals surface area (Å²) in [7, 11) is 0. The highest BCUT2D eigenvalue weighted by molar-refractivity contribution is 6.42. The number of hydrogen-bond acceptors (Lipinski definition) is 3. The minimum atomic E-state index is -4.76. The van der Waals surface area contributed by atoms with E-state index in [1.165, 1.54) is 24.3 Å². The van der Waals surface area contributed by atoms with Gasteiger partial charge in [-0.25, -0.2) is 4.99 Å². The fourth-order valence-corrected chi connectivity index (χ4v) is 3.99. The van der Waals surface area contributed by atoms with Crippen molar-refractivity contribution in [2.45, 2.75) is 33.0 Å². The Morgan fingerprint density at radius 2 is 1.44 bits per heavy atom. The van der Waals surface area contributed by atoms with Crippen LogP contribution in [0.3, 0.4) is 0 Å². The summed E-state index contributed by atoms with van der Waals surface area (Å²) in [5.74, 6) is -0.321. The van der Waals surface area contributed by atoms with E-state index in [2.05, 4.69) is 4.74 Å². The molecule has 178 valence electrons. The molecule has 0 aliphatic carbocycles. The van der Waals surface area contributed by atoms with Crippen molar-refractivity contribution >= 4 is 39.9 Å². The van der Waals surface area contributed by atoms with Crippen molar-refractivity contribution in [1.82, 2.24) is 9.13 Å². The summed E-state index contributed by atoms with van der Waals surface area (Å²) in [5, 5.41) is 10.1. The van der Waals surface area contributed by atoms with Crippen molar-refractivity contribution in [2.75, 3.05) is 0 Å². The van der Waals surface area contributed by atoms with Crippen LogP contribution in [0.25, 0.3) is 11.0 Å². The van der Waals surface area contributed by atoms with E-state index in [-0.39, 0.29) is 12.4 Å². The number of hydrogen-bond donors (Lipinski definition) is 1. The van der Waals surface area contributed by atoms with Gasteiger partial charge >= 0.3 is 6.36 Å². The maximum absolute atomic E-state index is 12.5. The molecule has 34 heavy (non-hydrogen) atoms. The van der Waals surface area contributed by atoms with E-state index >= 15 is 0 Å². The largest absolute Gasteiger partial charge is 0.573 e. The molecule has 0 aliphatic heterocycles. The van der Waals surface area contributed by atoms with Crippen molar-refractivity contribution in [1.29, 1.82) is 0 Å². The lowest BCUT2D eigenvalue weighted by molar-refractivity contribution is -0.274. The van der Waals surface area contributed by atoms with Gasteiger partial charge in [0.1, 0.15) is 5.75 Å². The molecule has 10 heteroatoms. The quantitative estimate of drug-likeness (QED) is 0.325. The summed E-state index contributed by atoms with van der Waals surface area (Å²) in [6.07, 6.45) is -4.76. The average molecular weight is 510 g/mol. The van der Waals surface area contributed by atoms with E-state index < -0.39 is 6.36 Å².